The molecule has 0 N–H and O–H groups in total. The highest BCUT2D eigenvalue weighted by molar-refractivity contribution is 4.50. The SMILES string of the molecule is C[N+]1(CN=O)CCCCC1. The summed E-state index contributed by atoms with van der Waals surface area (Å²) in [5.74, 6) is 0. The van der Waals surface area contributed by atoms with Crippen LogP contribution in [0.3, 0.4) is 0 Å². The minimum atomic E-state index is 0.458. The largest absolute Gasteiger partial charge is 0.305 e. The number of likely N-dealkylation sites (tertiary alicyclic amines) is 1. The van der Waals surface area contributed by atoms with E-state index in [2.05, 4.69) is 12.2 Å². The second-order valence-electron chi connectivity index (χ2n) is 3.40. The summed E-state index contributed by atoms with van der Waals surface area (Å²) in [5, 5.41) is 2.95. The van der Waals surface area contributed by atoms with Crippen LogP contribution in [0.25, 0.3) is 0 Å². The number of nitroso groups, excluding NO2 is 1. The molecule has 0 aromatic carbocycles. The maximum absolute atomic E-state index is 10.0. The van der Waals surface area contributed by atoms with Crippen LogP contribution < -0.4 is 0 Å². The third kappa shape index (κ3) is 1.77. The fraction of sp³-hybridized carbons (Fsp3) is 1.00. The number of hydrogen-bond acceptors (Lipinski definition) is 2. The molecule has 0 aliphatic carbocycles. The van der Waals surface area contributed by atoms with Gasteiger partial charge in [0.05, 0.1) is 20.1 Å². The predicted molar refractivity (Wildman–Crippen MR) is 40.4 cm³/mol. The Morgan fingerprint density at radius 3 is 2.40 bits per heavy atom. The molecule has 0 spiro atoms. The Labute approximate surface area is 61.6 Å². The van der Waals surface area contributed by atoms with Crippen molar-refractivity contribution in [2.75, 3.05) is 26.8 Å². The van der Waals surface area contributed by atoms with Gasteiger partial charge in [-0.25, -0.2) is 0 Å². The van der Waals surface area contributed by atoms with Gasteiger partial charge in [0.25, 0.3) is 0 Å². The molecule has 0 bridgehead atoms. The van der Waals surface area contributed by atoms with Crippen LogP contribution in [0.1, 0.15) is 19.3 Å². The van der Waals surface area contributed by atoms with Gasteiger partial charge in [0, 0.05) is 0 Å². The van der Waals surface area contributed by atoms with Crippen LogP contribution in [0.4, 0.5) is 0 Å². The summed E-state index contributed by atoms with van der Waals surface area (Å²) in [4.78, 5) is 10.0. The van der Waals surface area contributed by atoms with Crippen LogP contribution in [0.15, 0.2) is 5.18 Å². The molecule has 3 heteroatoms. The average Bonchev–Trinajstić information content (AvgIpc) is 1.89. The van der Waals surface area contributed by atoms with E-state index in [0.717, 1.165) is 17.6 Å². The Bertz CT molecular complexity index is 119. The summed E-state index contributed by atoms with van der Waals surface area (Å²) in [6, 6.07) is 0. The molecule has 10 heavy (non-hydrogen) atoms. The van der Waals surface area contributed by atoms with Gasteiger partial charge in [0.15, 0.2) is 0 Å². The molecule has 0 aromatic rings. The molecular weight excluding hydrogens is 128 g/mol. The van der Waals surface area contributed by atoms with E-state index in [1.165, 1.54) is 19.3 Å². The van der Waals surface area contributed by atoms with Crippen LogP contribution in [0.5, 0.6) is 0 Å². The molecular formula is C7H15N2O+. The Balaban J connectivity index is 2.39. The third-order valence-corrected chi connectivity index (χ3v) is 2.30. The van der Waals surface area contributed by atoms with Gasteiger partial charge in [-0.2, -0.15) is 0 Å². The maximum atomic E-state index is 10.0. The van der Waals surface area contributed by atoms with Crippen molar-refractivity contribution in [3.05, 3.63) is 4.91 Å². The van der Waals surface area contributed by atoms with Gasteiger partial charge in [-0.1, -0.05) is 0 Å². The molecule has 0 atom stereocenters. The Morgan fingerprint density at radius 2 is 1.90 bits per heavy atom. The smallest absolute Gasteiger partial charge is 0.211 e. The Kier molecular flexibility index (Phi) is 2.38. The van der Waals surface area contributed by atoms with Crippen LogP contribution in [0, 0.1) is 4.91 Å². The van der Waals surface area contributed by atoms with Gasteiger partial charge in [0.2, 0.25) is 6.67 Å². The minimum Gasteiger partial charge on any atom is -0.305 e. The van der Waals surface area contributed by atoms with Gasteiger partial charge in [-0.3, -0.25) is 0 Å². The van der Waals surface area contributed by atoms with Crippen LogP contribution in [-0.4, -0.2) is 31.3 Å². The van der Waals surface area contributed by atoms with Crippen molar-refractivity contribution in [3.63, 3.8) is 0 Å². The molecule has 0 unspecified atom stereocenters. The zero-order valence-corrected chi connectivity index (χ0v) is 6.55. The standard InChI is InChI=1S/C7H15N2O/c1-9(7-8-10)5-3-2-4-6-9/h2-7H2,1H3/q+1. The first kappa shape index (κ1) is 7.66. The van der Waals surface area contributed by atoms with E-state index in [1.54, 1.807) is 0 Å². The zero-order valence-electron chi connectivity index (χ0n) is 6.55. The van der Waals surface area contributed by atoms with Gasteiger partial charge in [-0.15, -0.1) is 4.91 Å². The second kappa shape index (κ2) is 3.10. The van der Waals surface area contributed by atoms with E-state index in [1.807, 2.05) is 0 Å². The first-order valence-corrected chi connectivity index (χ1v) is 3.89. The lowest BCUT2D eigenvalue weighted by molar-refractivity contribution is -0.913. The molecule has 3 nitrogen and oxygen atoms in total. The first-order valence-electron chi connectivity index (χ1n) is 3.89. The normalized spacial score (nSPS) is 24.1. The van der Waals surface area contributed by atoms with Crippen molar-refractivity contribution < 1.29 is 4.48 Å². The third-order valence-electron chi connectivity index (χ3n) is 2.30. The van der Waals surface area contributed by atoms with Crippen molar-refractivity contribution in [1.29, 1.82) is 0 Å². The molecule has 0 amide bonds. The maximum Gasteiger partial charge on any atom is 0.211 e. The molecule has 1 rings (SSSR count). The minimum absolute atomic E-state index is 0.458. The molecule has 58 valence electrons. The fourth-order valence-electron chi connectivity index (χ4n) is 1.56. The van der Waals surface area contributed by atoms with Gasteiger partial charge in [0.1, 0.15) is 0 Å². The van der Waals surface area contributed by atoms with E-state index >= 15 is 0 Å². The molecule has 0 saturated carbocycles. The molecule has 1 saturated heterocycles. The van der Waals surface area contributed by atoms with Gasteiger partial charge in [-0.05, 0) is 24.4 Å². The highest BCUT2D eigenvalue weighted by atomic mass is 16.3. The topological polar surface area (TPSA) is 29.4 Å². The Morgan fingerprint density at radius 1 is 1.30 bits per heavy atom. The number of rotatable bonds is 2. The molecule has 1 fully saturated rings. The molecule has 1 aliphatic rings. The summed E-state index contributed by atoms with van der Waals surface area (Å²) in [6.45, 7) is 2.72. The first-order chi connectivity index (χ1) is 4.77. The lowest BCUT2D eigenvalue weighted by Gasteiger charge is -2.34. The van der Waals surface area contributed by atoms with Crippen molar-refractivity contribution in [3.8, 4) is 0 Å². The highest BCUT2D eigenvalue weighted by Crippen LogP contribution is 2.15. The summed E-state index contributed by atoms with van der Waals surface area (Å²) >= 11 is 0. The van der Waals surface area contributed by atoms with Gasteiger partial charge < -0.3 is 4.48 Å². The predicted octanol–water partition coefficient (Wildman–Crippen LogP) is 1.34. The van der Waals surface area contributed by atoms with E-state index in [0.29, 0.717) is 6.67 Å². The number of hydrogen-bond donors (Lipinski definition) is 0. The van der Waals surface area contributed by atoms with Crippen molar-refractivity contribution in [1.82, 2.24) is 0 Å². The van der Waals surface area contributed by atoms with Crippen LogP contribution in [-0.2, 0) is 0 Å². The summed E-state index contributed by atoms with van der Waals surface area (Å²) in [6.07, 6.45) is 3.84. The molecule has 0 aromatic heterocycles. The highest BCUT2D eigenvalue weighted by Gasteiger charge is 2.24. The Hall–Kier alpha value is -0.440. The quantitative estimate of drug-likeness (QED) is 0.423. The van der Waals surface area contributed by atoms with E-state index < -0.39 is 0 Å². The number of piperidine rings is 1. The second-order valence-corrected chi connectivity index (χ2v) is 3.40. The monoisotopic (exact) mass is 143 g/mol. The van der Waals surface area contributed by atoms with Crippen LogP contribution in [0.2, 0.25) is 0 Å². The van der Waals surface area contributed by atoms with Crippen LogP contribution >= 0.6 is 0 Å². The number of quaternary nitrogens is 1. The van der Waals surface area contributed by atoms with Crippen molar-refractivity contribution in [2.24, 2.45) is 5.18 Å². The lowest BCUT2D eigenvalue weighted by atomic mass is 10.1. The summed E-state index contributed by atoms with van der Waals surface area (Å²) < 4.78 is 0.865. The molecule has 0 radical (unpaired) electrons. The molecule has 1 heterocycles. The van der Waals surface area contributed by atoms with E-state index in [4.69, 9.17) is 0 Å². The van der Waals surface area contributed by atoms with Gasteiger partial charge >= 0.3 is 0 Å². The summed E-state index contributed by atoms with van der Waals surface area (Å²) in [7, 11) is 2.11. The van der Waals surface area contributed by atoms with Crippen molar-refractivity contribution in [2.45, 2.75) is 19.3 Å². The van der Waals surface area contributed by atoms with Crippen molar-refractivity contribution >= 4 is 0 Å². The van der Waals surface area contributed by atoms with E-state index in [9.17, 15) is 4.91 Å². The molecule has 1 aliphatic heterocycles. The summed E-state index contributed by atoms with van der Waals surface area (Å²) in [5.41, 5.74) is 0. The number of nitrogens with zero attached hydrogens (tertiary/aromatic N) is 2. The average molecular weight is 143 g/mol. The zero-order chi connectivity index (χ0) is 7.45. The van der Waals surface area contributed by atoms with E-state index in [-0.39, 0.29) is 0 Å². The lowest BCUT2D eigenvalue weighted by Crippen LogP contribution is -2.47. The fourth-order valence-corrected chi connectivity index (χ4v) is 1.56.